The first kappa shape index (κ1) is 16.0. The summed E-state index contributed by atoms with van der Waals surface area (Å²) in [5.41, 5.74) is 8.14. The summed E-state index contributed by atoms with van der Waals surface area (Å²) in [5, 5.41) is 3.11. The monoisotopic (exact) mass is 289 g/mol. The molecule has 2 unspecified atom stereocenters. The number of aryl methyl sites for hydroxylation is 1. The third kappa shape index (κ3) is 4.55. The molecule has 0 saturated carbocycles. The van der Waals surface area contributed by atoms with Crippen LogP contribution < -0.4 is 11.1 Å². The minimum absolute atomic E-state index is 0.0498. The number of benzene rings is 1. The van der Waals surface area contributed by atoms with E-state index in [0.717, 1.165) is 26.1 Å². The normalized spacial score (nSPS) is 21.0. The third-order valence-corrected chi connectivity index (χ3v) is 4.34. The molecule has 1 heterocycles. The van der Waals surface area contributed by atoms with E-state index in [1.54, 1.807) is 0 Å². The first-order valence-electron chi connectivity index (χ1n) is 7.87. The number of hydrogen-bond donors (Lipinski definition) is 2. The Morgan fingerprint density at radius 2 is 2.24 bits per heavy atom. The summed E-state index contributed by atoms with van der Waals surface area (Å²) in [6.07, 6.45) is 2.33. The number of amides is 1. The van der Waals surface area contributed by atoms with Crippen LogP contribution in [-0.4, -0.2) is 37.0 Å². The highest BCUT2D eigenvalue weighted by Crippen LogP contribution is 2.17. The molecule has 2 rings (SSSR count). The summed E-state index contributed by atoms with van der Waals surface area (Å²) in [4.78, 5) is 14.4. The van der Waals surface area contributed by atoms with Crippen LogP contribution in [0.25, 0.3) is 0 Å². The van der Waals surface area contributed by atoms with Crippen molar-refractivity contribution in [1.29, 1.82) is 0 Å². The number of rotatable bonds is 5. The van der Waals surface area contributed by atoms with Crippen LogP contribution in [0.2, 0.25) is 0 Å². The number of piperidine rings is 1. The van der Waals surface area contributed by atoms with Crippen molar-refractivity contribution in [2.24, 2.45) is 11.7 Å². The molecule has 1 saturated heterocycles. The van der Waals surface area contributed by atoms with E-state index in [4.69, 9.17) is 5.73 Å². The lowest BCUT2D eigenvalue weighted by Gasteiger charge is -2.31. The van der Waals surface area contributed by atoms with Gasteiger partial charge in [0.2, 0.25) is 5.91 Å². The largest absolute Gasteiger partial charge is 0.348 e. The second kappa shape index (κ2) is 7.57. The maximum absolute atomic E-state index is 12.2. The van der Waals surface area contributed by atoms with Gasteiger partial charge < -0.3 is 11.1 Å². The van der Waals surface area contributed by atoms with E-state index >= 15 is 0 Å². The number of hydrogen-bond acceptors (Lipinski definition) is 3. The molecule has 1 fully saturated rings. The Morgan fingerprint density at radius 3 is 2.95 bits per heavy atom. The lowest BCUT2D eigenvalue weighted by atomic mass is 9.98. The van der Waals surface area contributed by atoms with Crippen LogP contribution in [0.15, 0.2) is 24.3 Å². The molecule has 0 radical (unpaired) electrons. The lowest BCUT2D eigenvalue weighted by molar-refractivity contribution is -0.123. The first-order valence-corrected chi connectivity index (χ1v) is 7.87. The van der Waals surface area contributed by atoms with Crippen molar-refractivity contribution in [3.05, 3.63) is 35.4 Å². The van der Waals surface area contributed by atoms with Crippen molar-refractivity contribution < 1.29 is 4.79 Å². The van der Waals surface area contributed by atoms with E-state index in [0.29, 0.717) is 12.5 Å². The molecule has 1 aliphatic rings. The first-order chi connectivity index (χ1) is 10.1. The molecule has 21 heavy (non-hydrogen) atoms. The Kier molecular flexibility index (Phi) is 5.76. The zero-order valence-corrected chi connectivity index (χ0v) is 13.1. The summed E-state index contributed by atoms with van der Waals surface area (Å²) in [5.74, 6) is 0.642. The van der Waals surface area contributed by atoms with Crippen LogP contribution in [0, 0.1) is 12.8 Å². The molecule has 1 amide bonds. The lowest BCUT2D eigenvalue weighted by Crippen LogP contribution is -2.44. The van der Waals surface area contributed by atoms with Crippen LogP contribution in [-0.2, 0) is 4.79 Å². The molecule has 2 atom stereocenters. The molecule has 1 aromatic rings. The van der Waals surface area contributed by atoms with Crippen LogP contribution in [0.5, 0.6) is 0 Å². The fraction of sp³-hybridized carbons (Fsp3) is 0.588. The molecular formula is C17H27N3O. The molecule has 0 aromatic heterocycles. The number of nitrogens with two attached hydrogens (primary N) is 1. The van der Waals surface area contributed by atoms with Gasteiger partial charge >= 0.3 is 0 Å². The van der Waals surface area contributed by atoms with Crippen LogP contribution in [0.1, 0.15) is 36.9 Å². The number of carbonyl (C=O) groups is 1. The zero-order chi connectivity index (χ0) is 15.2. The number of nitrogens with one attached hydrogen (secondary N) is 1. The van der Waals surface area contributed by atoms with Gasteiger partial charge in [0.05, 0.1) is 12.6 Å². The van der Waals surface area contributed by atoms with Gasteiger partial charge in [0.15, 0.2) is 0 Å². The number of likely N-dealkylation sites (tertiary alicyclic amines) is 1. The second-order valence-electron chi connectivity index (χ2n) is 6.12. The van der Waals surface area contributed by atoms with Crippen molar-refractivity contribution in [1.82, 2.24) is 10.2 Å². The van der Waals surface area contributed by atoms with Crippen molar-refractivity contribution in [3.63, 3.8) is 0 Å². The molecule has 116 valence electrons. The predicted molar refractivity (Wildman–Crippen MR) is 86.0 cm³/mol. The Morgan fingerprint density at radius 1 is 1.48 bits per heavy atom. The van der Waals surface area contributed by atoms with Crippen molar-refractivity contribution in [2.45, 2.75) is 32.7 Å². The molecule has 0 spiro atoms. The van der Waals surface area contributed by atoms with Gasteiger partial charge in [0.1, 0.15) is 0 Å². The highest BCUT2D eigenvalue weighted by molar-refractivity contribution is 5.78. The average molecular weight is 289 g/mol. The van der Waals surface area contributed by atoms with E-state index in [1.165, 1.54) is 17.5 Å². The number of nitrogens with zero attached hydrogens (tertiary/aromatic N) is 1. The van der Waals surface area contributed by atoms with Crippen molar-refractivity contribution >= 4 is 5.91 Å². The summed E-state index contributed by atoms with van der Waals surface area (Å²) < 4.78 is 0. The van der Waals surface area contributed by atoms with Gasteiger partial charge in [0.25, 0.3) is 0 Å². The summed E-state index contributed by atoms with van der Waals surface area (Å²) in [6, 6.07) is 8.24. The van der Waals surface area contributed by atoms with Crippen LogP contribution in [0.4, 0.5) is 0 Å². The molecule has 4 heteroatoms. The quantitative estimate of drug-likeness (QED) is 0.869. The van der Waals surface area contributed by atoms with E-state index in [2.05, 4.69) is 29.3 Å². The Bertz CT molecular complexity index is 475. The highest BCUT2D eigenvalue weighted by Gasteiger charge is 2.21. The van der Waals surface area contributed by atoms with E-state index in [-0.39, 0.29) is 11.9 Å². The van der Waals surface area contributed by atoms with Gasteiger partial charge in [-0.2, -0.15) is 0 Å². The Balaban J connectivity index is 1.85. The fourth-order valence-corrected chi connectivity index (χ4v) is 3.13. The van der Waals surface area contributed by atoms with Gasteiger partial charge in [0, 0.05) is 6.54 Å². The molecule has 1 aromatic carbocycles. The van der Waals surface area contributed by atoms with E-state index < -0.39 is 0 Å². The van der Waals surface area contributed by atoms with Gasteiger partial charge in [-0.25, -0.2) is 0 Å². The van der Waals surface area contributed by atoms with Gasteiger partial charge in [-0.1, -0.05) is 24.3 Å². The molecule has 4 nitrogen and oxygen atoms in total. The maximum Gasteiger partial charge on any atom is 0.234 e. The van der Waals surface area contributed by atoms with Gasteiger partial charge in [-0.3, -0.25) is 9.69 Å². The number of carbonyl (C=O) groups excluding carboxylic acids is 1. The van der Waals surface area contributed by atoms with E-state index in [9.17, 15) is 4.79 Å². The molecule has 0 aliphatic carbocycles. The smallest absolute Gasteiger partial charge is 0.234 e. The van der Waals surface area contributed by atoms with Crippen LogP contribution >= 0.6 is 0 Å². The van der Waals surface area contributed by atoms with Crippen LogP contribution in [0.3, 0.4) is 0 Å². The summed E-state index contributed by atoms with van der Waals surface area (Å²) in [7, 11) is 0. The van der Waals surface area contributed by atoms with Crippen molar-refractivity contribution in [2.75, 3.05) is 26.2 Å². The SMILES string of the molecule is Cc1ccccc1C(C)NC(=O)CN1CCCC(CN)C1. The molecule has 3 N–H and O–H groups in total. The predicted octanol–water partition coefficient (Wildman–Crippen LogP) is 1.84. The maximum atomic E-state index is 12.2. The second-order valence-corrected chi connectivity index (χ2v) is 6.12. The van der Waals surface area contributed by atoms with E-state index in [1.807, 2.05) is 19.1 Å². The third-order valence-electron chi connectivity index (χ3n) is 4.34. The average Bonchev–Trinajstić information content (AvgIpc) is 2.47. The van der Waals surface area contributed by atoms with Crippen molar-refractivity contribution in [3.8, 4) is 0 Å². The molecule has 1 aliphatic heterocycles. The molecule has 0 bridgehead atoms. The van der Waals surface area contributed by atoms with Gasteiger partial charge in [-0.15, -0.1) is 0 Å². The minimum atomic E-state index is 0.0498. The topological polar surface area (TPSA) is 58.4 Å². The Hall–Kier alpha value is -1.39. The molecular weight excluding hydrogens is 262 g/mol. The zero-order valence-electron chi connectivity index (χ0n) is 13.1. The fourth-order valence-electron chi connectivity index (χ4n) is 3.13. The highest BCUT2D eigenvalue weighted by atomic mass is 16.2. The van der Waals surface area contributed by atoms with Gasteiger partial charge in [-0.05, 0) is 56.8 Å². The minimum Gasteiger partial charge on any atom is -0.348 e. The summed E-state index contributed by atoms with van der Waals surface area (Å²) >= 11 is 0. The standard InChI is InChI=1S/C17H27N3O/c1-13-6-3-4-8-16(13)14(2)19-17(21)12-20-9-5-7-15(10-18)11-20/h3-4,6,8,14-15H,5,7,9-12,18H2,1-2H3,(H,19,21). The summed E-state index contributed by atoms with van der Waals surface area (Å²) in [6.45, 7) is 7.27. The Labute approximate surface area is 127 Å².